The van der Waals surface area contributed by atoms with Gasteiger partial charge in [0.2, 0.25) is 5.91 Å². The van der Waals surface area contributed by atoms with Crippen LogP contribution in [0.5, 0.6) is 0 Å². The molecule has 1 aromatic rings. The van der Waals surface area contributed by atoms with Crippen LogP contribution in [0.1, 0.15) is 43.9 Å². The molecule has 0 saturated carbocycles. The molecule has 0 aliphatic carbocycles. The minimum atomic E-state index is -0.637. The number of nitrogen functional groups attached to an aromatic ring is 1. The van der Waals surface area contributed by atoms with E-state index in [1.165, 1.54) is 0 Å². The van der Waals surface area contributed by atoms with Crippen molar-refractivity contribution in [1.29, 1.82) is 0 Å². The summed E-state index contributed by atoms with van der Waals surface area (Å²) in [4.78, 5) is 13.6. The molecule has 1 atom stereocenters. The Hall–Kier alpha value is -1.55. The molecule has 4 nitrogen and oxygen atoms in total. The Morgan fingerprint density at radius 1 is 1.37 bits per heavy atom. The highest BCUT2D eigenvalue weighted by Crippen LogP contribution is 2.22. The minimum absolute atomic E-state index is 0.0872. The summed E-state index contributed by atoms with van der Waals surface area (Å²) in [7, 11) is 0. The highest BCUT2D eigenvalue weighted by atomic mass is 16.3. The molecule has 0 saturated heterocycles. The lowest BCUT2D eigenvalue weighted by molar-refractivity contribution is -0.131. The lowest BCUT2D eigenvalue weighted by atomic mass is 10.0. The van der Waals surface area contributed by atoms with Gasteiger partial charge in [0.25, 0.3) is 0 Å². The van der Waals surface area contributed by atoms with Crippen molar-refractivity contribution in [3.8, 4) is 0 Å². The molecule has 0 aromatic heterocycles. The molecule has 1 aromatic carbocycles. The summed E-state index contributed by atoms with van der Waals surface area (Å²) >= 11 is 0. The second kappa shape index (κ2) is 7.14. The second-order valence-corrected chi connectivity index (χ2v) is 4.74. The van der Waals surface area contributed by atoms with Crippen LogP contribution in [-0.4, -0.2) is 29.0 Å². The fourth-order valence-corrected chi connectivity index (χ4v) is 2.03. The number of hydrogen-bond acceptors (Lipinski definition) is 3. The third-order valence-electron chi connectivity index (χ3n) is 3.44. The Kier molecular flexibility index (Phi) is 5.83. The molecule has 0 radical (unpaired) electrons. The molecule has 19 heavy (non-hydrogen) atoms. The number of aliphatic hydroxyl groups is 1. The van der Waals surface area contributed by atoms with Crippen LogP contribution in [0.15, 0.2) is 18.2 Å². The number of carbonyl (C=O) groups excluding carboxylic acids is 1. The summed E-state index contributed by atoms with van der Waals surface area (Å²) in [6, 6.07) is 5.53. The predicted molar refractivity (Wildman–Crippen MR) is 77.7 cm³/mol. The van der Waals surface area contributed by atoms with Crippen LogP contribution in [-0.2, 0) is 4.79 Å². The smallest absolute Gasteiger partial charge is 0.222 e. The first-order valence-corrected chi connectivity index (χ1v) is 6.81. The summed E-state index contributed by atoms with van der Waals surface area (Å²) in [6.45, 7) is 7.26. The van der Waals surface area contributed by atoms with Crippen molar-refractivity contribution in [2.45, 2.75) is 39.7 Å². The molecule has 106 valence electrons. The van der Waals surface area contributed by atoms with E-state index in [0.717, 1.165) is 11.1 Å². The predicted octanol–water partition coefficient (Wildman–Crippen LogP) is 2.26. The van der Waals surface area contributed by atoms with Gasteiger partial charge in [-0.2, -0.15) is 0 Å². The van der Waals surface area contributed by atoms with Crippen LogP contribution in [0.2, 0.25) is 0 Å². The SMILES string of the molecule is CCN(CC)C(=O)CCC(O)c1ccc(C)c(N)c1. The van der Waals surface area contributed by atoms with E-state index in [2.05, 4.69) is 0 Å². The van der Waals surface area contributed by atoms with Crippen molar-refractivity contribution in [2.24, 2.45) is 0 Å². The Morgan fingerprint density at radius 3 is 2.53 bits per heavy atom. The number of rotatable bonds is 6. The van der Waals surface area contributed by atoms with E-state index in [1.54, 1.807) is 11.0 Å². The number of hydrogen-bond donors (Lipinski definition) is 2. The largest absolute Gasteiger partial charge is 0.399 e. The summed E-state index contributed by atoms with van der Waals surface area (Å²) in [5, 5.41) is 10.1. The fraction of sp³-hybridized carbons (Fsp3) is 0.533. The van der Waals surface area contributed by atoms with E-state index in [9.17, 15) is 9.90 Å². The average Bonchev–Trinajstić information content (AvgIpc) is 2.40. The highest BCUT2D eigenvalue weighted by Gasteiger charge is 2.14. The zero-order valence-corrected chi connectivity index (χ0v) is 12.0. The summed E-state index contributed by atoms with van der Waals surface area (Å²) in [5.74, 6) is 0.0872. The van der Waals surface area contributed by atoms with Crippen molar-refractivity contribution < 1.29 is 9.90 Å². The lowest BCUT2D eigenvalue weighted by Gasteiger charge is -2.19. The molecule has 0 fully saturated rings. The Balaban J connectivity index is 2.57. The number of aryl methyl sites for hydroxylation is 1. The molecule has 0 spiro atoms. The van der Waals surface area contributed by atoms with Crippen LogP contribution in [0, 0.1) is 6.92 Å². The summed E-state index contributed by atoms with van der Waals surface area (Å²) in [5.41, 5.74) is 8.26. The maximum Gasteiger partial charge on any atom is 0.222 e. The number of amides is 1. The van der Waals surface area contributed by atoms with E-state index >= 15 is 0 Å². The summed E-state index contributed by atoms with van der Waals surface area (Å²) < 4.78 is 0. The number of anilines is 1. The zero-order valence-electron chi connectivity index (χ0n) is 12.0. The van der Waals surface area contributed by atoms with Gasteiger partial charge in [-0.3, -0.25) is 4.79 Å². The van der Waals surface area contributed by atoms with Crippen LogP contribution in [0.3, 0.4) is 0 Å². The molecular formula is C15H24N2O2. The van der Waals surface area contributed by atoms with Crippen LogP contribution in [0.4, 0.5) is 5.69 Å². The van der Waals surface area contributed by atoms with Gasteiger partial charge < -0.3 is 15.7 Å². The summed E-state index contributed by atoms with van der Waals surface area (Å²) in [6.07, 6.45) is 0.150. The first kappa shape index (κ1) is 15.5. The lowest BCUT2D eigenvalue weighted by Crippen LogP contribution is -2.30. The zero-order chi connectivity index (χ0) is 14.4. The van der Waals surface area contributed by atoms with Crippen LogP contribution < -0.4 is 5.73 Å². The van der Waals surface area contributed by atoms with Crippen molar-refractivity contribution in [3.63, 3.8) is 0 Å². The van der Waals surface area contributed by atoms with E-state index in [0.29, 0.717) is 31.6 Å². The molecular weight excluding hydrogens is 240 g/mol. The van der Waals surface area contributed by atoms with Gasteiger partial charge in [0.1, 0.15) is 0 Å². The van der Waals surface area contributed by atoms with Gasteiger partial charge in [0.05, 0.1) is 6.10 Å². The number of aliphatic hydroxyl groups excluding tert-OH is 1. The number of carbonyl (C=O) groups is 1. The molecule has 3 N–H and O–H groups in total. The van der Waals surface area contributed by atoms with Gasteiger partial charge in [0, 0.05) is 25.2 Å². The second-order valence-electron chi connectivity index (χ2n) is 4.74. The van der Waals surface area contributed by atoms with Gasteiger partial charge in [-0.1, -0.05) is 12.1 Å². The normalized spacial score (nSPS) is 12.2. The standard InChI is InChI=1S/C15H24N2O2/c1-4-17(5-2)15(19)9-8-14(18)12-7-6-11(3)13(16)10-12/h6-7,10,14,18H,4-5,8-9,16H2,1-3H3. The molecule has 0 aliphatic heterocycles. The van der Waals surface area contributed by atoms with Gasteiger partial charge >= 0.3 is 0 Å². The van der Waals surface area contributed by atoms with Crippen molar-refractivity contribution in [2.75, 3.05) is 18.8 Å². The van der Waals surface area contributed by atoms with Gasteiger partial charge in [0.15, 0.2) is 0 Å². The van der Waals surface area contributed by atoms with Crippen LogP contribution in [0.25, 0.3) is 0 Å². The Bertz CT molecular complexity index is 428. The molecule has 0 heterocycles. The van der Waals surface area contributed by atoms with E-state index in [1.807, 2.05) is 32.9 Å². The molecule has 1 rings (SSSR count). The van der Waals surface area contributed by atoms with E-state index in [-0.39, 0.29) is 5.91 Å². The molecule has 1 amide bonds. The highest BCUT2D eigenvalue weighted by molar-refractivity contribution is 5.76. The van der Waals surface area contributed by atoms with Gasteiger partial charge in [-0.05, 0) is 44.4 Å². The van der Waals surface area contributed by atoms with Gasteiger partial charge in [-0.15, -0.1) is 0 Å². The fourth-order valence-electron chi connectivity index (χ4n) is 2.03. The minimum Gasteiger partial charge on any atom is -0.399 e. The van der Waals surface area contributed by atoms with Crippen molar-refractivity contribution in [3.05, 3.63) is 29.3 Å². The first-order chi connectivity index (χ1) is 8.99. The Labute approximate surface area is 115 Å². The number of nitrogens with zero attached hydrogens (tertiary/aromatic N) is 1. The van der Waals surface area contributed by atoms with Crippen molar-refractivity contribution >= 4 is 11.6 Å². The average molecular weight is 264 g/mol. The number of nitrogens with two attached hydrogens (primary N) is 1. The molecule has 0 aliphatic rings. The van der Waals surface area contributed by atoms with Crippen molar-refractivity contribution in [1.82, 2.24) is 4.90 Å². The monoisotopic (exact) mass is 264 g/mol. The molecule has 1 unspecified atom stereocenters. The molecule has 0 bridgehead atoms. The Morgan fingerprint density at radius 2 is 2.00 bits per heavy atom. The maximum absolute atomic E-state index is 11.9. The first-order valence-electron chi connectivity index (χ1n) is 6.81. The quantitative estimate of drug-likeness (QED) is 0.774. The number of benzene rings is 1. The van der Waals surface area contributed by atoms with Crippen LogP contribution >= 0.6 is 0 Å². The third kappa shape index (κ3) is 4.24. The van der Waals surface area contributed by atoms with E-state index < -0.39 is 6.10 Å². The molecule has 4 heteroatoms. The topological polar surface area (TPSA) is 66.6 Å². The van der Waals surface area contributed by atoms with E-state index in [4.69, 9.17) is 5.73 Å². The third-order valence-corrected chi connectivity index (χ3v) is 3.44. The van der Waals surface area contributed by atoms with Gasteiger partial charge in [-0.25, -0.2) is 0 Å². The maximum atomic E-state index is 11.9.